The van der Waals surface area contributed by atoms with Crippen LogP contribution in [0.2, 0.25) is 0 Å². The molecule has 2 rings (SSSR count). The van der Waals surface area contributed by atoms with Crippen LogP contribution < -0.4 is 4.57 Å². The number of nitrogens with zero attached hydrogens (tertiary/aromatic N) is 2. The number of hydrogen-bond acceptors (Lipinski definition) is 3. The van der Waals surface area contributed by atoms with E-state index in [2.05, 4.69) is 29.5 Å². The molecule has 1 aromatic rings. The van der Waals surface area contributed by atoms with E-state index < -0.39 is 10.1 Å². The first-order valence-corrected chi connectivity index (χ1v) is 8.36. The number of hydrogen-bond donors (Lipinski definition) is 1. The molecule has 1 aliphatic heterocycles. The van der Waals surface area contributed by atoms with Crippen LogP contribution in [0.15, 0.2) is 23.3 Å². The van der Waals surface area contributed by atoms with Crippen molar-refractivity contribution in [2.45, 2.75) is 45.6 Å². The molecule has 1 N–H and O–H groups in total. The van der Waals surface area contributed by atoms with E-state index in [0.29, 0.717) is 19.4 Å². The van der Waals surface area contributed by atoms with E-state index in [9.17, 15) is 8.42 Å². The van der Waals surface area contributed by atoms with Gasteiger partial charge in [0.1, 0.15) is 5.71 Å². The highest BCUT2D eigenvalue weighted by molar-refractivity contribution is 7.85. The molecule has 2 heterocycles. The van der Waals surface area contributed by atoms with Crippen molar-refractivity contribution in [3.63, 3.8) is 0 Å². The number of fused-ring (bicyclic) bond motifs is 1. The van der Waals surface area contributed by atoms with Crippen molar-refractivity contribution in [1.29, 1.82) is 0 Å². The molecule has 0 saturated carbocycles. The lowest BCUT2D eigenvalue weighted by Gasteiger charge is -2.15. The molecule has 20 heavy (non-hydrogen) atoms. The summed E-state index contributed by atoms with van der Waals surface area (Å²) in [4.78, 5) is 4.64. The van der Waals surface area contributed by atoms with Crippen LogP contribution in [0.4, 0.5) is 5.82 Å². The Hall–Kier alpha value is -1.27. The Labute approximate surface area is 120 Å². The van der Waals surface area contributed by atoms with Crippen LogP contribution in [-0.2, 0) is 22.1 Å². The molecule has 0 atom stereocenters. The SMILES string of the molecule is CC1=Nc2c(ccc[n+]2CCCCS(=O)(=O)O)C1(C)C. The summed E-state index contributed by atoms with van der Waals surface area (Å²) in [5.74, 6) is 0.776. The third kappa shape index (κ3) is 3.07. The summed E-state index contributed by atoms with van der Waals surface area (Å²) in [6, 6.07) is 4.08. The molecule has 0 aliphatic carbocycles. The first kappa shape index (κ1) is 15.1. The fraction of sp³-hybridized carbons (Fsp3) is 0.571. The van der Waals surface area contributed by atoms with E-state index >= 15 is 0 Å². The Kier molecular flexibility index (Phi) is 3.97. The summed E-state index contributed by atoms with van der Waals surface area (Å²) in [6.45, 7) is 7.04. The standard InChI is InChI=1S/C14H20N2O3S/c1-11-14(2,3)12-7-6-9-16(13(12)15-11)8-4-5-10-20(17,18)19/h6-7,9H,4-5,8,10H2,1-3H3/p+1. The van der Waals surface area contributed by atoms with Crippen molar-refractivity contribution in [2.24, 2.45) is 4.99 Å². The summed E-state index contributed by atoms with van der Waals surface area (Å²) in [7, 11) is -3.85. The molecule has 1 aromatic heterocycles. The van der Waals surface area contributed by atoms with Crippen molar-refractivity contribution in [3.8, 4) is 0 Å². The predicted octanol–water partition coefficient (Wildman–Crippen LogP) is 2.03. The second-order valence-electron chi connectivity index (χ2n) is 5.75. The van der Waals surface area contributed by atoms with E-state index in [0.717, 1.165) is 11.5 Å². The largest absolute Gasteiger partial charge is 0.327 e. The van der Waals surface area contributed by atoms with Crippen molar-refractivity contribution in [2.75, 3.05) is 5.75 Å². The Morgan fingerprint density at radius 2 is 2.05 bits per heavy atom. The fourth-order valence-corrected chi connectivity index (χ4v) is 2.96. The van der Waals surface area contributed by atoms with Crippen LogP contribution in [0, 0.1) is 0 Å². The molecule has 0 radical (unpaired) electrons. The van der Waals surface area contributed by atoms with Crippen molar-refractivity contribution in [3.05, 3.63) is 23.9 Å². The van der Waals surface area contributed by atoms with E-state index in [1.165, 1.54) is 5.56 Å². The second kappa shape index (κ2) is 5.26. The maximum absolute atomic E-state index is 10.7. The highest BCUT2D eigenvalue weighted by Crippen LogP contribution is 2.37. The molecule has 0 saturated heterocycles. The predicted molar refractivity (Wildman–Crippen MR) is 78.1 cm³/mol. The lowest BCUT2D eigenvalue weighted by molar-refractivity contribution is -0.684. The Morgan fingerprint density at radius 3 is 2.70 bits per heavy atom. The fourth-order valence-electron chi connectivity index (χ4n) is 2.40. The molecule has 1 aliphatic rings. The number of pyridine rings is 1. The highest BCUT2D eigenvalue weighted by Gasteiger charge is 2.40. The van der Waals surface area contributed by atoms with Gasteiger partial charge in [-0.3, -0.25) is 4.55 Å². The number of aromatic nitrogens is 1. The third-order valence-electron chi connectivity index (χ3n) is 3.94. The van der Waals surface area contributed by atoms with Gasteiger partial charge in [0.05, 0.1) is 29.5 Å². The molecule has 0 fully saturated rings. The van der Waals surface area contributed by atoms with Crippen LogP contribution >= 0.6 is 0 Å². The zero-order chi connectivity index (χ0) is 15.0. The van der Waals surface area contributed by atoms with Gasteiger partial charge in [0.25, 0.3) is 10.1 Å². The molecular weight excluding hydrogens is 276 g/mol. The van der Waals surface area contributed by atoms with Crippen LogP contribution in [0.25, 0.3) is 0 Å². The van der Waals surface area contributed by atoms with Gasteiger partial charge in [-0.2, -0.15) is 8.42 Å². The first-order valence-electron chi connectivity index (χ1n) is 6.76. The van der Waals surface area contributed by atoms with E-state index in [1.807, 2.05) is 19.2 Å². The van der Waals surface area contributed by atoms with Crippen LogP contribution in [0.5, 0.6) is 0 Å². The van der Waals surface area contributed by atoms with Gasteiger partial charge in [0.15, 0.2) is 0 Å². The maximum Gasteiger partial charge on any atom is 0.327 e. The van der Waals surface area contributed by atoms with E-state index in [4.69, 9.17) is 4.55 Å². The minimum atomic E-state index is -3.85. The first-order chi connectivity index (χ1) is 9.22. The minimum absolute atomic E-state index is 0.0488. The number of aryl methyl sites for hydroxylation is 1. The highest BCUT2D eigenvalue weighted by atomic mass is 32.2. The smallest absolute Gasteiger partial charge is 0.286 e. The summed E-state index contributed by atoms with van der Waals surface area (Å²) in [5.41, 5.74) is 2.24. The van der Waals surface area contributed by atoms with E-state index in [1.54, 1.807) is 0 Å². The molecule has 0 amide bonds. The summed E-state index contributed by atoms with van der Waals surface area (Å²) >= 11 is 0. The van der Waals surface area contributed by atoms with Crippen molar-refractivity contribution in [1.82, 2.24) is 0 Å². The maximum atomic E-state index is 10.7. The van der Waals surface area contributed by atoms with Crippen molar-refractivity contribution >= 4 is 21.6 Å². The Morgan fingerprint density at radius 1 is 1.35 bits per heavy atom. The van der Waals surface area contributed by atoms with Gasteiger partial charge in [-0.1, -0.05) is 0 Å². The van der Waals surface area contributed by atoms with Crippen molar-refractivity contribution < 1.29 is 17.5 Å². The van der Waals surface area contributed by atoms with Gasteiger partial charge in [-0.05, 0) is 50.7 Å². The minimum Gasteiger partial charge on any atom is -0.286 e. The zero-order valence-corrected chi connectivity index (χ0v) is 12.9. The molecule has 0 bridgehead atoms. The van der Waals surface area contributed by atoms with Crippen LogP contribution in [0.3, 0.4) is 0 Å². The molecule has 0 spiro atoms. The van der Waals surface area contributed by atoms with E-state index in [-0.39, 0.29) is 11.2 Å². The summed E-state index contributed by atoms with van der Waals surface area (Å²) in [6.07, 6.45) is 3.10. The monoisotopic (exact) mass is 297 g/mol. The second-order valence-corrected chi connectivity index (χ2v) is 7.33. The van der Waals surface area contributed by atoms with Crippen LogP contribution in [-0.4, -0.2) is 24.4 Å². The van der Waals surface area contributed by atoms with Gasteiger partial charge in [-0.25, -0.2) is 4.57 Å². The van der Waals surface area contributed by atoms with Crippen LogP contribution in [0.1, 0.15) is 39.2 Å². The average molecular weight is 297 g/mol. The van der Waals surface area contributed by atoms with Gasteiger partial charge in [0, 0.05) is 0 Å². The molecule has 0 unspecified atom stereocenters. The number of rotatable bonds is 5. The average Bonchev–Trinajstić information content (AvgIpc) is 2.56. The summed E-state index contributed by atoms with van der Waals surface area (Å²) < 4.78 is 32.1. The van der Waals surface area contributed by atoms with Gasteiger partial charge in [0.2, 0.25) is 0 Å². The molecule has 0 aromatic carbocycles. The van der Waals surface area contributed by atoms with Gasteiger partial charge in [-0.15, -0.1) is 0 Å². The zero-order valence-electron chi connectivity index (χ0n) is 12.1. The molecule has 5 nitrogen and oxygen atoms in total. The lowest BCUT2D eigenvalue weighted by Crippen LogP contribution is -2.35. The summed E-state index contributed by atoms with van der Waals surface area (Å²) in [5, 5.41) is 0. The molecule has 6 heteroatoms. The molecular formula is C14H21N2O3S+. The quantitative estimate of drug-likeness (QED) is 0.513. The normalized spacial score (nSPS) is 16.9. The number of unbranched alkanes of at least 4 members (excludes halogenated alkanes) is 1. The van der Waals surface area contributed by atoms with Gasteiger partial charge < -0.3 is 0 Å². The number of aliphatic imine (C=N–C) groups is 1. The van der Waals surface area contributed by atoms with Gasteiger partial charge >= 0.3 is 5.82 Å². The Balaban J connectivity index is 2.11. The lowest BCUT2D eigenvalue weighted by atomic mass is 9.83. The Bertz CT molecular complexity index is 648. The topological polar surface area (TPSA) is 70.6 Å². The molecule has 110 valence electrons. The third-order valence-corrected chi connectivity index (χ3v) is 4.75.